The van der Waals surface area contributed by atoms with E-state index in [4.69, 9.17) is 4.74 Å². The SMILES string of the molecule is COc1ncccc1C1C(C(=O)C(C)(C)CO)C(=O)C(=O)N1c1ccc(-c2ccsc2)cc1. The topological polar surface area (TPSA) is 96.8 Å². The molecule has 1 amide bonds. The lowest BCUT2D eigenvalue weighted by Crippen LogP contribution is -2.39. The van der Waals surface area contributed by atoms with Crippen LogP contribution in [0.4, 0.5) is 5.69 Å². The van der Waals surface area contributed by atoms with Crippen LogP contribution < -0.4 is 9.64 Å². The van der Waals surface area contributed by atoms with Crippen LogP contribution in [0.3, 0.4) is 0 Å². The van der Waals surface area contributed by atoms with Crippen molar-refractivity contribution in [2.24, 2.45) is 11.3 Å². The minimum Gasteiger partial charge on any atom is -0.481 e. The summed E-state index contributed by atoms with van der Waals surface area (Å²) in [5.41, 5.74) is 1.77. The van der Waals surface area contributed by atoms with Gasteiger partial charge in [-0.05, 0) is 52.2 Å². The smallest absolute Gasteiger partial charge is 0.295 e. The van der Waals surface area contributed by atoms with Crippen molar-refractivity contribution in [1.82, 2.24) is 4.98 Å². The monoisotopic (exact) mass is 464 g/mol. The van der Waals surface area contributed by atoms with E-state index in [9.17, 15) is 19.5 Å². The summed E-state index contributed by atoms with van der Waals surface area (Å²) in [7, 11) is 1.44. The normalized spacial score (nSPS) is 18.6. The van der Waals surface area contributed by atoms with Crippen molar-refractivity contribution >= 4 is 34.5 Å². The molecule has 2 aromatic heterocycles. The van der Waals surface area contributed by atoms with Crippen LogP contribution in [0.5, 0.6) is 5.88 Å². The zero-order valence-corrected chi connectivity index (χ0v) is 19.3. The van der Waals surface area contributed by atoms with Crippen LogP contribution in [0.15, 0.2) is 59.4 Å². The number of benzene rings is 1. The van der Waals surface area contributed by atoms with E-state index in [-0.39, 0.29) is 5.88 Å². The molecule has 7 nitrogen and oxygen atoms in total. The second-order valence-electron chi connectivity index (χ2n) is 8.53. The van der Waals surface area contributed by atoms with Crippen molar-refractivity contribution in [3.63, 3.8) is 0 Å². The number of ketones is 2. The Kier molecular flexibility index (Phi) is 6.14. The molecule has 170 valence electrons. The molecule has 33 heavy (non-hydrogen) atoms. The van der Waals surface area contributed by atoms with E-state index in [1.165, 1.54) is 18.2 Å². The molecule has 3 aromatic rings. The number of Topliss-reactive ketones (excluding diaryl/α,β-unsaturated/α-hetero) is 2. The van der Waals surface area contributed by atoms with Crippen molar-refractivity contribution in [1.29, 1.82) is 0 Å². The van der Waals surface area contributed by atoms with Gasteiger partial charge in [-0.2, -0.15) is 11.3 Å². The molecule has 0 aliphatic carbocycles. The highest BCUT2D eigenvalue weighted by atomic mass is 32.1. The summed E-state index contributed by atoms with van der Waals surface area (Å²) in [5.74, 6) is -3.16. The third-order valence-electron chi connectivity index (χ3n) is 5.96. The molecule has 0 saturated carbocycles. The first-order valence-electron chi connectivity index (χ1n) is 10.4. The van der Waals surface area contributed by atoms with Crippen molar-refractivity contribution in [3.8, 4) is 17.0 Å². The number of aliphatic hydroxyl groups is 1. The minimum absolute atomic E-state index is 0.226. The number of rotatable bonds is 7. The molecule has 0 bridgehead atoms. The fraction of sp³-hybridized carbons (Fsp3) is 0.280. The molecule has 2 atom stereocenters. The van der Waals surface area contributed by atoms with Gasteiger partial charge in [0.05, 0.1) is 19.8 Å². The van der Waals surface area contributed by atoms with Gasteiger partial charge in [0.1, 0.15) is 5.92 Å². The average molecular weight is 465 g/mol. The van der Waals surface area contributed by atoms with E-state index in [2.05, 4.69) is 4.98 Å². The zero-order valence-electron chi connectivity index (χ0n) is 18.5. The van der Waals surface area contributed by atoms with Crippen molar-refractivity contribution in [2.45, 2.75) is 19.9 Å². The van der Waals surface area contributed by atoms with Gasteiger partial charge in [0, 0.05) is 22.9 Å². The number of carbonyl (C=O) groups excluding carboxylic acids is 3. The molecular weight excluding hydrogens is 440 g/mol. The molecule has 1 fully saturated rings. The first kappa shape index (κ1) is 22.8. The largest absolute Gasteiger partial charge is 0.481 e. The van der Waals surface area contributed by atoms with E-state index in [1.54, 1.807) is 49.4 Å². The number of thiophene rings is 1. The van der Waals surface area contributed by atoms with Crippen LogP contribution >= 0.6 is 11.3 Å². The third-order valence-corrected chi connectivity index (χ3v) is 6.65. The highest BCUT2D eigenvalue weighted by Crippen LogP contribution is 2.45. The van der Waals surface area contributed by atoms with Crippen molar-refractivity contribution in [3.05, 3.63) is 65.0 Å². The summed E-state index contributed by atoms with van der Waals surface area (Å²) >= 11 is 1.59. The average Bonchev–Trinajstić information content (AvgIpc) is 3.46. The van der Waals surface area contributed by atoms with E-state index in [1.807, 2.05) is 29.0 Å². The molecule has 1 saturated heterocycles. The number of ether oxygens (including phenoxy) is 1. The third kappa shape index (κ3) is 3.96. The van der Waals surface area contributed by atoms with Crippen LogP contribution in [-0.4, -0.2) is 41.3 Å². The zero-order chi connectivity index (χ0) is 23.8. The molecule has 2 unspecified atom stereocenters. The summed E-state index contributed by atoms with van der Waals surface area (Å²) < 4.78 is 5.40. The summed E-state index contributed by atoms with van der Waals surface area (Å²) in [6.45, 7) is 2.67. The number of methoxy groups -OCH3 is 1. The number of carbonyl (C=O) groups is 3. The summed E-state index contributed by atoms with van der Waals surface area (Å²) in [4.78, 5) is 45.4. The van der Waals surface area contributed by atoms with Gasteiger partial charge in [0.15, 0.2) is 5.78 Å². The maximum atomic E-state index is 13.4. The highest BCUT2D eigenvalue weighted by Gasteiger charge is 2.55. The second-order valence-corrected chi connectivity index (χ2v) is 9.31. The maximum Gasteiger partial charge on any atom is 0.295 e. The van der Waals surface area contributed by atoms with E-state index < -0.39 is 41.5 Å². The van der Waals surface area contributed by atoms with Crippen LogP contribution in [0.25, 0.3) is 11.1 Å². The van der Waals surface area contributed by atoms with Gasteiger partial charge < -0.3 is 9.84 Å². The van der Waals surface area contributed by atoms with Gasteiger partial charge in [0.25, 0.3) is 5.91 Å². The lowest BCUT2D eigenvalue weighted by Gasteiger charge is -2.31. The van der Waals surface area contributed by atoms with Crippen molar-refractivity contribution < 1.29 is 24.2 Å². The Hall–Kier alpha value is -3.36. The lowest BCUT2D eigenvalue weighted by molar-refractivity contribution is -0.142. The van der Waals surface area contributed by atoms with Crippen LogP contribution in [0, 0.1) is 11.3 Å². The number of hydrogen-bond donors (Lipinski definition) is 1. The van der Waals surface area contributed by atoms with Gasteiger partial charge in [-0.15, -0.1) is 0 Å². The number of hydrogen-bond acceptors (Lipinski definition) is 7. The Morgan fingerprint density at radius 1 is 1.15 bits per heavy atom. The van der Waals surface area contributed by atoms with Crippen molar-refractivity contribution in [2.75, 3.05) is 18.6 Å². The Morgan fingerprint density at radius 3 is 2.48 bits per heavy atom. The standard InChI is InChI=1S/C25H24N2O5S/c1-25(2,14-28)22(30)19-20(18-5-4-11-26-23(18)32-3)27(24(31)21(19)29)17-8-6-15(7-9-17)16-10-12-33-13-16/h4-13,19-20,28H,14H2,1-3H3. The first-order valence-corrected chi connectivity index (χ1v) is 11.4. The Labute approximate surface area is 195 Å². The molecule has 1 N–H and O–H groups in total. The van der Waals surface area contributed by atoms with Gasteiger partial charge in [-0.1, -0.05) is 26.0 Å². The van der Waals surface area contributed by atoms with Crippen LogP contribution in [-0.2, 0) is 14.4 Å². The fourth-order valence-corrected chi connectivity index (χ4v) is 4.74. The molecule has 8 heteroatoms. The predicted octanol–water partition coefficient (Wildman–Crippen LogP) is 3.68. The molecule has 0 radical (unpaired) electrons. The minimum atomic E-state index is -1.30. The molecule has 1 aliphatic heterocycles. The van der Waals surface area contributed by atoms with E-state index in [0.29, 0.717) is 11.3 Å². The maximum absolute atomic E-state index is 13.4. The first-order chi connectivity index (χ1) is 15.8. The Balaban J connectivity index is 1.85. The Bertz CT molecular complexity index is 1190. The lowest BCUT2D eigenvalue weighted by atomic mass is 9.77. The summed E-state index contributed by atoms with van der Waals surface area (Å²) in [6, 6.07) is 11.7. The number of pyridine rings is 1. The summed E-state index contributed by atoms with van der Waals surface area (Å²) in [6.07, 6.45) is 1.54. The number of amides is 1. The van der Waals surface area contributed by atoms with Gasteiger partial charge in [0.2, 0.25) is 11.7 Å². The molecule has 1 aliphatic rings. The van der Waals surface area contributed by atoms with Gasteiger partial charge in [-0.3, -0.25) is 19.3 Å². The van der Waals surface area contributed by atoms with E-state index in [0.717, 1.165) is 11.1 Å². The second kappa shape index (κ2) is 8.88. The molecular formula is C25H24N2O5S. The molecule has 0 spiro atoms. The van der Waals surface area contributed by atoms with Crippen LogP contribution in [0.1, 0.15) is 25.5 Å². The fourth-order valence-electron chi connectivity index (χ4n) is 4.07. The molecule has 3 heterocycles. The number of nitrogens with zero attached hydrogens (tertiary/aromatic N) is 2. The predicted molar refractivity (Wildman–Crippen MR) is 125 cm³/mol. The van der Waals surface area contributed by atoms with Gasteiger partial charge >= 0.3 is 0 Å². The Morgan fingerprint density at radius 2 is 1.88 bits per heavy atom. The summed E-state index contributed by atoms with van der Waals surface area (Å²) in [5, 5.41) is 13.8. The van der Waals surface area contributed by atoms with Crippen LogP contribution in [0.2, 0.25) is 0 Å². The van der Waals surface area contributed by atoms with E-state index >= 15 is 0 Å². The quantitative estimate of drug-likeness (QED) is 0.423. The van der Waals surface area contributed by atoms with Gasteiger partial charge in [-0.25, -0.2) is 4.98 Å². The molecule has 4 rings (SSSR count). The molecule has 1 aromatic carbocycles. The number of aliphatic hydroxyl groups excluding tert-OH is 1. The highest BCUT2D eigenvalue weighted by molar-refractivity contribution is 7.08. The number of anilines is 1. The number of aromatic nitrogens is 1.